The largest absolute Gasteiger partial charge is 0.354 e. The van der Waals surface area contributed by atoms with Gasteiger partial charge in [-0.2, -0.15) is 0 Å². The van der Waals surface area contributed by atoms with Crippen LogP contribution in [0.4, 0.5) is 0 Å². The molecule has 0 aliphatic carbocycles. The van der Waals surface area contributed by atoms with E-state index in [0.717, 1.165) is 12.0 Å². The van der Waals surface area contributed by atoms with E-state index < -0.39 is 35.6 Å². The molecule has 13 heteroatoms. The predicted octanol–water partition coefficient (Wildman–Crippen LogP) is -1.14. The molecule has 0 saturated carbocycles. The monoisotopic (exact) mass is 532 g/mol. The Morgan fingerprint density at radius 3 is 2.19 bits per heavy atom. The number of benzene rings is 1. The summed E-state index contributed by atoms with van der Waals surface area (Å²) in [4.78, 5) is 60.5. The average molecular weight is 532 g/mol. The second-order valence-corrected chi connectivity index (χ2v) is 8.86. The lowest BCUT2D eigenvalue weighted by molar-refractivity contribution is -0.130. The Bertz CT molecular complexity index is 892. The number of hydrogen-bond donors (Lipinski definition) is 7. The number of thiol groups is 1. The Morgan fingerprint density at radius 1 is 0.919 bits per heavy atom. The Balaban J connectivity index is 2.58. The normalized spacial score (nSPS) is 13.1. The molecule has 3 atom stereocenters. The lowest BCUT2D eigenvalue weighted by Crippen LogP contribution is -2.52. The van der Waals surface area contributed by atoms with E-state index in [-0.39, 0.29) is 44.3 Å². The highest BCUT2D eigenvalue weighted by Gasteiger charge is 2.24. The van der Waals surface area contributed by atoms with Crippen molar-refractivity contribution in [3.05, 3.63) is 35.9 Å². The Kier molecular flexibility index (Phi) is 15.9. The van der Waals surface area contributed by atoms with Gasteiger partial charge in [0.25, 0.3) is 0 Å². The SMILES string of the molecule is [B]C(=O)[C@H](CCCNC(=O)[C@@H](CNS)NC(=O)CCN)NC(=O)[C@H](CCCc1ccccc1)NC(C)=O. The van der Waals surface area contributed by atoms with Gasteiger partial charge < -0.3 is 31.8 Å². The van der Waals surface area contributed by atoms with Gasteiger partial charge in [0.1, 0.15) is 12.1 Å². The van der Waals surface area contributed by atoms with Gasteiger partial charge in [0.05, 0.1) is 11.7 Å². The number of amides is 4. The van der Waals surface area contributed by atoms with Crippen molar-refractivity contribution in [1.82, 2.24) is 26.0 Å². The molecule has 0 spiro atoms. The summed E-state index contributed by atoms with van der Waals surface area (Å²) < 4.78 is 2.54. The van der Waals surface area contributed by atoms with Gasteiger partial charge in [0, 0.05) is 33.0 Å². The van der Waals surface area contributed by atoms with Crippen molar-refractivity contribution in [1.29, 1.82) is 0 Å². The highest BCUT2D eigenvalue weighted by Crippen LogP contribution is 2.08. The van der Waals surface area contributed by atoms with Gasteiger partial charge in [-0.1, -0.05) is 43.1 Å². The molecule has 0 fully saturated rings. The predicted molar refractivity (Wildman–Crippen MR) is 145 cm³/mol. The Hall–Kier alpha value is -2.90. The third kappa shape index (κ3) is 13.8. The minimum absolute atomic E-state index is 0.0854. The minimum atomic E-state index is -0.978. The maximum atomic E-state index is 12.8. The van der Waals surface area contributed by atoms with Crippen LogP contribution in [0.2, 0.25) is 0 Å². The third-order valence-corrected chi connectivity index (χ3v) is 5.62. The fourth-order valence-corrected chi connectivity index (χ4v) is 3.75. The van der Waals surface area contributed by atoms with Crippen LogP contribution < -0.4 is 31.7 Å². The first-order chi connectivity index (χ1) is 17.7. The van der Waals surface area contributed by atoms with E-state index in [9.17, 15) is 24.0 Å². The summed E-state index contributed by atoms with van der Waals surface area (Å²) in [6.07, 6.45) is 2.36. The molecule has 0 aromatic heterocycles. The first kappa shape index (κ1) is 32.1. The third-order valence-electron chi connectivity index (χ3n) is 5.44. The standard InChI is InChI=1S/C24H37BN6O5S/c1-16(32)29-19(10-5-9-17-7-3-2-4-8-17)24(36)31-18(22(25)34)11-6-14-27-23(35)20(15-28-37)30-21(33)12-13-26/h2-4,7-8,18-20,28,37H,5-6,9-15,26H2,1H3,(H,27,35)(H,29,32)(H,30,33)(H,31,36)/t18-,19-,20+/m0/s1. The van der Waals surface area contributed by atoms with E-state index in [4.69, 9.17) is 13.6 Å². The zero-order valence-corrected chi connectivity index (χ0v) is 22.0. The lowest BCUT2D eigenvalue weighted by atomic mass is 9.91. The maximum Gasteiger partial charge on any atom is 0.243 e. The van der Waals surface area contributed by atoms with Crippen LogP contribution in [-0.2, 0) is 30.4 Å². The quantitative estimate of drug-likeness (QED) is 0.0711. The molecular weight excluding hydrogens is 495 g/mol. The Labute approximate surface area is 224 Å². The van der Waals surface area contributed by atoms with Gasteiger partial charge in [-0.25, -0.2) is 0 Å². The number of carbonyl (C=O) groups is 5. The molecule has 1 aromatic rings. The topological polar surface area (TPSA) is 172 Å². The molecule has 0 unspecified atom stereocenters. The zero-order valence-electron chi connectivity index (χ0n) is 21.1. The molecule has 0 aliphatic heterocycles. The molecule has 1 rings (SSSR count). The van der Waals surface area contributed by atoms with E-state index in [1.165, 1.54) is 6.92 Å². The van der Waals surface area contributed by atoms with Crippen molar-refractivity contribution in [3.63, 3.8) is 0 Å². The van der Waals surface area contributed by atoms with Crippen LogP contribution in [0.25, 0.3) is 0 Å². The molecule has 0 saturated heterocycles. The lowest BCUT2D eigenvalue weighted by Gasteiger charge is -2.22. The van der Waals surface area contributed by atoms with Crippen LogP contribution in [0.3, 0.4) is 0 Å². The molecule has 0 aliphatic rings. The van der Waals surface area contributed by atoms with Gasteiger partial charge in [0.2, 0.25) is 23.6 Å². The molecule has 0 heterocycles. The minimum Gasteiger partial charge on any atom is -0.354 e. The highest BCUT2D eigenvalue weighted by atomic mass is 32.1. The molecule has 1 aromatic carbocycles. The van der Waals surface area contributed by atoms with E-state index in [0.29, 0.717) is 19.3 Å². The number of nitrogens with one attached hydrogen (secondary N) is 5. The first-order valence-electron chi connectivity index (χ1n) is 12.2. The second-order valence-electron chi connectivity index (χ2n) is 8.55. The van der Waals surface area contributed by atoms with Crippen molar-refractivity contribution < 1.29 is 24.0 Å². The van der Waals surface area contributed by atoms with Gasteiger partial charge >= 0.3 is 0 Å². The summed E-state index contributed by atoms with van der Waals surface area (Å²) in [6, 6.07) is 7.12. The summed E-state index contributed by atoms with van der Waals surface area (Å²) in [5, 5.41) is 10.5. The number of rotatable bonds is 18. The van der Waals surface area contributed by atoms with Gasteiger partial charge in [-0.15, -0.1) is 0 Å². The van der Waals surface area contributed by atoms with Crippen LogP contribution in [0.1, 0.15) is 44.6 Å². The van der Waals surface area contributed by atoms with E-state index >= 15 is 0 Å². The number of aryl methyl sites for hydroxylation is 1. The van der Waals surface area contributed by atoms with E-state index in [2.05, 4.69) is 38.8 Å². The fraction of sp³-hybridized carbons (Fsp3) is 0.542. The maximum absolute atomic E-state index is 12.8. The van der Waals surface area contributed by atoms with Crippen molar-refractivity contribution >= 4 is 50.0 Å². The van der Waals surface area contributed by atoms with Crippen LogP contribution in [0, 0.1) is 0 Å². The number of hydrogen-bond acceptors (Lipinski definition) is 8. The average Bonchev–Trinajstić information content (AvgIpc) is 2.85. The van der Waals surface area contributed by atoms with Crippen molar-refractivity contribution in [2.24, 2.45) is 5.73 Å². The van der Waals surface area contributed by atoms with Crippen molar-refractivity contribution in [3.8, 4) is 0 Å². The smallest absolute Gasteiger partial charge is 0.243 e. The molecule has 4 amide bonds. The van der Waals surface area contributed by atoms with E-state index in [1.54, 1.807) is 0 Å². The van der Waals surface area contributed by atoms with E-state index in [1.807, 2.05) is 30.3 Å². The van der Waals surface area contributed by atoms with Gasteiger partial charge in [-0.05, 0) is 37.7 Å². The second kappa shape index (κ2) is 18.4. The van der Waals surface area contributed by atoms with Crippen LogP contribution in [0.5, 0.6) is 0 Å². The Morgan fingerprint density at radius 2 is 1.59 bits per heavy atom. The summed E-state index contributed by atoms with van der Waals surface area (Å²) in [6.45, 7) is 1.76. The molecule has 0 bridgehead atoms. The molecule has 2 radical (unpaired) electrons. The fourth-order valence-electron chi connectivity index (χ4n) is 3.57. The van der Waals surface area contributed by atoms with Crippen LogP contribution in [-0.4, -0.2) is 74.9 Å². The highest BCUT2D eigenvalue weighted by molar-refractivity contribution is 7.78. The summed E-state index contributed by atoms with van der Waals surface area (Å²) >= 11 is 3.87. The number of nitrogens with two attached hydrogens (primary N) is 1. The zero-order chi connectivity index (χ0) is 27.6. The summed E-state index contributed by atoms with van der Waals surface area (Å²) in [7, 11) is 5.47. The molecular formula is C24H37BN6O5S. The molecule has 11 nitrogen and oxygen atoms in total. The van der Waals surface area contributed by atoms with Crippen molar-refractivity contribution in [2.75, 3.05) is 19.6 Å². The molecule has 7 N–H and O–H groups in total. The summed E-state index contributed by atoms with van der Waals surface area (Å²) in [5.74, 6) is -1.66. The van der Waals surface area contributed by atoms with Gasteiger partial charge in [-0.3, -0.25) is 23.9 Å². The summed E-state index contributed by atoms with van der Waals surface area (Å²) in [5.41, 5.74) is 5.74. The molecule has 202 valence electrons. The van der Waals surface area contributed by atoms with Crippen molar-refractivity contribution in [2.45, 2.75) is 63.6 Å². The number of carbonyl (C=O) groups excluding carboxylic acids is 5. The molecule has 37 heavy (non-hydrogen) atoms. The van der Waals surface area contributed by atoms with Gasteiger partial charge in [0.15, 0.2) is 7.85 Å². The van der Waals surface area contributed by atoms with Crippen LogP contribution >= 0.6 is 12.8 Å². The first-order valence-corrected chi connectivity index (χ1v) is 12.7. The van der Waals surface area contributed by atoms with Crippen LogP contribution in [0.15, 0.2) is 30.3 Å².